The highest BCUT2D eigenvalue weighted by Gasteiger charge is 2.09. The average molecular weight is 191 g/mol. The predicted molar refractivity (Wildman–Crippen MR) is 52.9 cm³/mol. The highest BCUT2D eigenvalue weighted by Crippen LogP contribution is 2.20. The van der Waals surface area contributed by atoms with Crippen LogP contribution in [0.4, 0.5) is 4.39 Å². The average Bonchev–Trinajstić information content (AvgIpc) is 2.46. The van der Waals surface area contributed by atoms with Crippen molar-refractivity contribution in [3.63, 3.8) is 0 Å². The fraction of sp³-hybridized carbons (Fsp3) is 0.182. The fourth-order valence-electron chi connectivity index (χ4n) is 1.56. The van der Waals surface area contributed by atoms with Crippen molar-refractivity contribution in [1.82, 2.24) is 4.57 Å². The van der Waals surface area contributed by atoms with Crippen LogP contribution >= 0.6 is 0 Å². The van der Waals surface area contributed by atoms with Gasteiger partial charge >= 0.3 is 0 Å². The zero-order valence-corrected chi connectivity index (χ0v) is 8.04. The first-order valence-corrected chi connectivity index (χ1v) is 4.35. The van der Waals surface area contributed by atoms with Crippen molar-refractivity contribution in [2.45, 2.75) is 6.92 Å². The molecule has 3 heteroatoms. The van der Waals surface area contributed by atoms with Gasteiger partial charge in [-0.1, -0.05) is 0 Å². The second-order valence-corrected chi connectivity index (χ2v) is 3.37. The number of carbonyl (C=O) groups is 1. The normalized spacial score (nSPS) is 10.8. The van der Waals surface area contributed by atoms with Gasteiger partial charge in [0.05, 0.1) is 11.1 Å². The standard InChI is InChI=1S/C11H10FNO/c1-7(14)9-5-8-3-4-13(2)11(8)6-10(9)12/h3-6H,1-2H3. The molecule has 2 aromatic rings. The summed E-state index contributed by atoms with van der Waals surface area (Å²) in [5, 5.41) is 0.888. The molecule has 0 aliphatic heterocycles. The van der Waals surface area contributed by atoms with Crippen LogP contribution < -0.4 is 0 Å². The number of ketones is 1. The first-order valence-electron chi connectivity index (χ1n) is 4.35. The summed E-state index contributed by atoms with van der Waals surface area (Å²) in [6.07, 6.45) is 1.84. The van der Waals surface area contributed by atoms with E-state index in [1.165, 1.54) is 13.0 Å². The Balaban J connectivity index is 2.79. The predicted octanol–water partition coefficient (Wildman–Crippen LogP) is 2.52. The van der Waals surface area contributed by atoms with Gasteiger partial charge in [-0.3, -0.25) is 4.79 Å². The molecule has 1 heterocycles. The van der Waals surface area contributed by atoms with E-state index in [0.29, 0.717) is 0 Å². The third kappa shape index (κ3) is 1.21. The molecule has 0 amide bonds. The zero-order chi connectivity index (χ0) is 10.3. The van der Waals surface area contributed by atoms with E-state index in [1.807, 2.05) is 23.9 Å². The minimum atomic E-state index is -0.452. The minimum absolute atomic E-state index is 0.156. The number of aryl methyl sites for hydroxylation is 1. The molecule has 14 heavy (non-hydrogen) atoms. The van der Waals surface area contributed by atoms with Gasteiger partial charge in [0.15, 0.2) is 5.78 Å². The van der Waals surface area contributed by atoms with Crippen molar-refractivity contribution in [3.05, 3.63) is 35.8 Å². The number of rotatable bonds is 1. The van der Waals surface area contributed by atoms with Crippen LogP contribution in [0.15, 0.2) is 24.4 Å². The lowest BCUT2D eigenvalue weighted by Crippen LogP contribution is -1.97. The Kier molecular flexibility index (Phi) is 1.88. The van der Waals surface area contributed by atoms with Crippen LogP contribution in [0.1, 0.15) is 17.3 Å². The molecular weight excluding hydrogens is 181 g/mol. The van der Waals surface area contributed by atoms with Crippen molar-refractivity contribution in [2.24, 2.45) is 7.05 Å². The molecular formula is C11H10FNO. The summed E-state index contributed by atoms with van der Waals surface area (Å²) < 4.78 is 15.2. The molecule has 72 valence electrons. The first kappa shape index (κ1) is 8.94. The largest absolute Gasteiger partial charge is 0.350 e. The van der Waals surface area contributed by atoms with Crippen molar-refractivity contribution in [1.29, 1.82) is 0 Å². The Labute approximate surface area is 81.0 Å². The van der Waals surface area contributed by atoms with Gasteiger partial charge in [0.25, 0.3) is 0 Å². The molecule has 2 rings (SSSR count). The smallest absolute Gasteiger partial charge is 0.162 e. The Hall–Kier alpha value is -1.64. The second kappa shape index (κ2) is 2.94. The molecule has 0 spiro atoms. The van der Waals surface area contributed by atoms with Gasteiger partial charge in [0.1, 0.15) is 5.82 Å². The number of hydrogen-bond donors (Lipinski definition) is 0. The first-order chi connectivity index (χ1) is 6.59. The maximum absolute atomic E-state index is 13.4. The number of benzene rings is 1. The Morgan fingerprint density at radius 2 is 2.14 bits per heavy atom. The number of fused-ring (bicyclic) bond motifs is 1. The molecule has 0 unspecified atom stereocenters. The molecule has 0 aliphatic rings. The lowest BCUT2D eigenvalue weighted by Gasteiger charge is -2.00. The SMILES string of the molecule is CC(=O)c1cc2ccn(C)c2cc1F. The molecule has 2 nitrogen and oxygen atoms in total. The van der Waals surface area contributed by atoms with E-state index in [-0.39, 0.29) is 11.3 Å². The van der Waals surface area contributed by atoms with Crippen LogP contribution in [0.5, 0.6) is 0 Å². The van der Waals surface area contributed by atoms with E-state index >= 15 is 0 Å². The number of Topliss-reactive ketones (excluding diaryl/α,β-unsaturated/α-hetero) is 1. The minimum Gasteiger partial charge on any atom is -0.350 e. The van der Waals surface area contributed by atoms with E-state index in [4.69, 9.17) is 0 Å². The summed E-state index contributed by atoms with van der Waals surface area (Å²) in [4.78, 5) is 11.1. The number of halogens is 1. The fourth-order valence-corrected chi connectivity index (χ4v) is 1.56. The Morgan fingerprint density at radius 3 is 2.79 bits per heavy atom. The van der Waals surface area contributed by atoms with Crippen LogP contribution in [-0.2, 0) is 7.05 Å². The van der Waals surface area contributed by atoms with Gasteiger partial charge in [0.2, 0.25) is 0 Å². The Morgan fingerprint density at radius 1 is 1.43 bits per heavy atom. The number of nitrogens with zero attached hydrogens (tertiary/aromatic N) is 1. The van der Waals surface area contributed by atoms with E-state index in [1.54, 1.807) is 6.07 Å². The summed E-state index contributed by atoms with van der Waals surface area (Å²) in [7, 11) is 1.84. The second-order valence-electron chi connectivity index (χ2n) is 3.37. The van der Waals surface area contributed by atoms with Crippen LogP contribution in [0.3, 0.4) is 0 Å². The van der Waals surface area contributed by atoms with Crippen molar-refractivity contribution < 1.29 is 9.18 Å². The maximum Gasteiger partial charge on any atom is 0.162 e. The van der Waals surface area contributed by atoms with Crippen LogP contribution in [0, 0.1) is 5.82 Å². The summed E-state index contributed by atoms with van der Waals surface area (Å²) in [6.45, 7) is 1.37. The van der Waals surface area contributed by atoms with E-state index < -0.39 is 5.82 Å². The van der Waals surface area contributed by atoms with E-state index in [9.17, 15) is 9.18 Å². The molecule has 1 aromatic carbocycles. The highest BCUT2D eigenvalue weighted by atomic mass is 19.1. The third-order valence-corrected chi connectivity index (χ3v) is 2.35. The molecule has 0 saturated carbocycles. The molecule has 0 radical (unpaired) electrons. The van der Waals surface area contributed by atoms with Crippen molar-refractivity contribution in [2.75, 3.05) is 0 Å². The van der Waals surface area contributed by atoms with Crippen LogP contribution in [-0.4, -0.2) is 10.4 Å². The number of hydrogen-bond acceptors (Lipinski definition) is 1. The molecule has 0 bridgehead atoms. The third-order valence-electron chi connectivity index (χ3n) is 2.35. The van der Waals surface area contributed by atoms with Gasteiger partial charge in [-0.15, -0.1) is 0 Å². The lowest BCUT2D eigenvalue weighted by molar-refractivity contribution is 0.101. The van der Waals surface area contributed by atoms with Crippen LogP contribution in [0.2, 0.25) is 0 Å². The van der Waals surface area contributed by atoms with Crippen molar-refractivity contribution >= 4 is 16.7 Å². The van der Waals surface area contributed by atoms with E-state index in [2.05, 4.69) is 0 Å². The zero-order valence-electron chi connectivity index (χ0n) is 8.04. The van der Waals surface area contributed by atoms with Crippen LogP contribution in [0.25, 0.3) is 10.9 Å². The summed E-state index contributed by atoms with van der Waals surface area (Å²) in [6, 6.07) is 4.85. The summed E-state index contributed by atoms with van der Waals surface area (Å²) >= 11 is 0. The van der Waals surface area contributed by atoms with Gasteiger partial charge in [-0.2, -0.15) is 0 Å². The molecule has 0 atom stereocenters. The van der Waals surface area contributed by atoms with Gasteiger partial charge in [-0.25, -0.2) is 4.39 Å². The molecule has 0 saturated heterocycles. The lowest BCUT2D eigenvalue weighted by atomic mass is 10.1. The van der Waals surface area contributed by atoms with Gasteiger partial charge in [-0.05, 0) is 25.1 Å². The molecule has 1 aromatic heterocycles. The van der Waals surface area contributed by atoms with Gasteiger partial charge < -0.3 is 4.57 Å². The monoisotopic (exact) mass is 191 g/mol. The number of carbonyl (C=O) groups excluding carboxylic acids is 1. The highest BCUT2D eigenvalue weighted by molar-refractivity contribution is 5.98. The maximum atomic E-state index is 13.4. The van der Waals surface area contributed by atoms with Crippen molar-refractivity contribution in [3.8, 4) is 0 Å². The molecule has 0 fully saturated rings. The van der Waals surface area contributed by atoms with Gasteiger partial charge in [0, 0.05) is 18.6 Å². The molecule has 0 N–H and O–H groups in total. The topological polar surface area (TPSA) is 22.0 Å². The quantitative estimate of drug-likeness (QED) is 0.635. The molecule has 0 aliphatic carbocycles. The number of aromatic nitrogens is 1. The summed E-state index contributed by atoms with van der Waals surface area (Å²) in [5.41, 5.74) is 0.955. The van der Waals surface area contributed by atoms with E-state index in [0.717, 1.165) is 10.9 Å². The summed E-state index contributed by atoms with van der Waals surface area (Å²) in [5.74, 6) is -0.694. The Bertz CT molecular complexity index is 513.